The number of nitrogens with zero attached hydrogens (tertiary/aromatic N) is 2. The van der Waals surface area contributed by atoms with Crippen molar-refractivity contribution in [2.75, 3.05) is 17.7 Å². The maximum absolute atomic E-state index is 11.8. The van der Waals surface area contributed by atoms with Gasteiger partial charge in [-0.2, -0.15) is 4.98 Å². The number of carbonyl (C=O) groups excluding carboxylic acids is 1. The molecular formula is C22H24N4O2. The summed E-state index contributed by atoms with van der Waals surface area (Å²) < 4.78 is 5.90. The molecule has 0 radical (unpaired) electrons. The quantitative estimate of drug-likeness (QED) is 0.658. The predicted octanol–water partition coefficient (Wildman–Crippen LogP) is 5.22. The minimum Gasteiger partial charge on any atom is -0.424 e. The average molecular weight is 376 g/mol. The van der Waals surface area contributed by atoms with Crippen LogP contribution < -0.4 is 10.6 Å². The molecule has 2 aliphatic rings. The summed E-state index contributed by atoms with van der Waals surface area (Å²) in [5.41, 5.74) is 5.85. The highest BCUT2D eigenvalue weighted by Crippen LogP contribution is 2.31. The minimum absolute atomic E-state index is 0.0674. The number of oxazole rings is 1. The van der Waals surface area contributed by atoms with Gasteiger partial charge in [0.15, 0.2) is 5.58 Å². The molecule has 0 saturated heterocycles. The molecule has 1 aliphatic carbocycles. The Hall–Kier alpha value is -3.02. The lowest BCUT2D eigenvalue weighted by atomic mass is 9.96. The molecule has 2 amide bonds. The number of carbonyl (C=O) groups is 1. The highest BCUT2D eigenvalue weighted by molar-refractivity contribution is 5.93. The molecule has 2 aromatic carbocycles. The van der Waals surface area contributed by atoms with Crippen LogP contribution in [0.4, 0.5) is 16.5 Å². The molecule has 5 rings (SSSR count). The van der Waals surface area contributed by atoms with Crippen LogP contribution in [0.25, 0.3) is 22.2 Å². The first-order valence-electron chi connectivity index (χ1n) is 9.98. The first-order chi connectivity index (χ1) is 13.7. The molecule has 2 N–H and O–H groups in total. The highest BCUT2D eigenvalue weighted by atomic mass is 16.4. The van der Waals surface area contributed by atoms with Crippen molar-refractivity contribution in [2.24, 2.45) is 0 Å². The first-order valence-corrected chi connectivity index (χ1v) is 9.98. The van der Waals surface area contributed by atoms with Crippen molar-refractivity contribution in [2.45, 2.75) is 44.7 Å². The molecule has 0 bridgehead atoms. The van der Waals surface area contributed by atoms with Crippen LogP contribution >= 0.6 is 0 Å². The van der Waals surface area contributed by atoms with Gasteiger partial charge in [0, 0.05) is 25.3 Å². The van der Waals surface area contributed by atoms with Gasteiger partial charge in [0.2, 0.25) is 0 Å². The summed E-state index contributed by atoms with van der Waals surface area (Å²) in [6.45, 7) is 0.608. The monoisotopic (exact) mass is 376 g/mol. The van der Waals surface area contributed by atoms with Crippen LogP contribution in [-0.4, -0.2) is 29.0 Å². The number of urea groups is 1. The highest BCUT2D eigenvalue weighted by Gasteiger charge is 2.20. The molecule has 1 aromatic heterocycles. The molecule has 2 heterocycles. The Morgan fingerprint density at radius 2 is 1.89 bits per heavy atom. The van der Waals surface area contributed by atoms with E-state index in [1.807, 2.05) is 18.2 Å². The van der Waals surface area contributed by atoms with E-state index in [9.17, 15) is 4.79 Å². The number of benzene rings is 2. The van der Waals surface area contributed by atoms with Gasteiger partial charge in [-0.15, -0.1) is 0 Å². The number of hydrogen-bond donors (Lipinski definition) is 2. The molecule has 6 nitrogen and oxygen atoms in total. The summed E-state index contributed by atoms with van der Waals surface area (Å²) in [5, 5.41) is 6.37. The standard InChI is InChI=1S/C22H24N4O2/c1-26-13-16-11-14(7-9-18(16)25-22(26)27)15-8-10-20-19(12-15)24-21(28-20)23-17-5-3-2-4-6-17/h7-12,17H,2-6,13H2,1H3,(H,23,24)(H,25,27). The number of amides is 2. The average Bonchev–Trinajstić information content (AvgIpc) is 3.10. The van der Waals surface area contributed by atoms with Gasteiger partial charge in [-0.05, 0) is 53.8 Å². The van der Waals surface area contributed by atoms with Gasteiger partial charge in [0.05, 0.1) is 0 Å². The second kappa shape index (κ2) is 6.86. The Morgan fingerprint density at radius 3 is 2.75 bits per heavy atom. The summed E-state index contributed by atoms with van der Waals surface area (Å²) in [5.74, 6) is 0. The van der Waals surface area contributed by atoms with E-state index < -0.39 is 0 Å². The third kappa shape index (κ3) is 3.19. The fourth-order valence-corrected chi connectivity index (χ4v) is 4.15. The minimum atomic E-state index is -0.0674. The molecule has 144 valence electrons. The van der Waals surface area contributed by atoms with Gasteiger partial charge < -0.3 is 20.0 Å². The van der Waals surface area contributed by atoms with Crippen LogP contribution in [0, 0.1) is 0 Å². The SMILES string of the molecule is CN1Cc2cc(-c3ccc4oc(NC5CCCCC5)nc4c3)ccc2NC1=O. The van der Waals surface area contributed by atoms with Crippen LogP contribution in [0.5, 0.6) is 0 Å². The van der Waals surface area contributed by atoms with E-state index in [1.165, 1.54) is 32.1 Å². The van der Waals surface area contributed by atoms with Crippen LogP contribution in [0.1, 0.15) is 37.7 Å². The van der Waals surface area contributed by atoms with E-state index in [4.69, 9.17) is 4.42 Å². The summed E-state index contributed by atoms with van der Waals surface area (Å²) >= 11 is 0. The zero-order valence-corrected chi connectivity index (χ0v) is 16.0. The molecule has 3 aromatic rings. The third-order valence-corrected chi connectivity index (χ3v) is 5.75. The lowest BCUT2D eigenvalue weighted by Gasteiger charge is -2.26. The maximum atomic E-state index is 11.8. The smallest absolute Gasteiger partial charge is 0.321 e. The van der Waals surface area contributed by atoms with E-state index in [2.05, 4.69) is 33.8 Å². The molecule has 28 heavy (non-hydrogen) atoms. The Kier molecular flexibility index (Phi) is 4.19. The number of anilines is 2. The van der Waals surface area contributed by atoms with Crippen molar-refractivity contribution in [1.29, 1.82) is 0 Å². The number of fused-ring (bicyclic) bond motifs is 2. The maximum Gasteiger partial charge on any atom is 0.321 e. The molecular weight excluding hydrogens is 352 g/mol. The molecule has 1 saturated carbocycles. The van der Waals surface area contributed by atoms with Gasteiger partial charge >= 0.3 is 6.03 Å². The van der Waals surface area contributed by atoms with E-state index in [0.29, 0.717) is 18.6 Å². The number of aromatic nitrogens is 1. The second-order valence-electron chi connectivity index (χ2n) is 7.84. The van der Waals surface area contributed by atoms with Crippen LogP contribution in [0.2, 0.25) is 0 Å². The fraction of sp³-hybridized carbons (Fsp3) is 0.364. The molecule has 0 atom stereocenters. The third-order valence-electron chi connectivity index (χ3n) is 5.75. The van der Waals surface area contributed by atoms with Gasteiger partial charge in [-0.3, -0.25) is 0 Å². The van der Waals surface area contributed by atoms with E-state index >= 15 is 0 Å². The van der Waals surface area contributed by atoms with Gasteiger partial charge in [0.25, 0.3) is 6.01 Å². The van der Waals surface area contributed by atoms with Crippen LogP contribution in [-0.2, 0) is 6.54 Å². The van der Waals surface area contributed by atoms with E-state index in [0.717, 1.165) is 33.5 Å². The van der Waals surface area contributed by atoms with Crippen molar-refractivity contribution in [3.05, 3.63) is 42.0 Å². The van der Waals surface area contributed by atoms with Gasteiger partial charge in [-0.25, -0.2) is 4.79 Å². The summed E-state index contributed by atoms with van der Waals surface area (Å²) in [4.78, 5) is 18.1. The molecule has 6 heteroatoms. The largest absolute Gasteiger partial charge is 0.424 e. The zero-order chi connectivity index (χ0) is 19.1. The molecule has 1 aliphatic heterocycles. The van der Waals surface area contributed by atoms with E-state index in [-0.39, 0.29) is 6.03 Å². The van der Waals surface area contributed by atoms with E-state index in [1.54, 1.807) is 11.9 Å². The summed E-state index contributed by atoms with van der Waals surface area (Å²) in [7, 11) is 1.80. The lowest BCUT2D eigenvalue weighted by molar-refractivity contribution is 0.218. The Morgan fingerprint density at radius 1 is 1.11 bits per heavy atom. The second-order valence-corrected chi connectivity index (χ2v) is 7.84. The lowest BCUT2D eigenvalue weighted by Crippen LogP contribution is -2.35. The van der Waals surface area contributed by atoms with Gasteiger partial charge in [-0.1, -0.05) is 31.4 Å². The number of rotatable bonds is 3. The van der Waals surface area contributed by atoms with Crippen molar-refractivity contribution in [3.8, 4) is 11.1 Å². The van der Waals surface area contributed by atoms with Crippen molar-refractivity contribution >= 4 is 28.8 Å². The Balaban J connectivity index is 1.42. The normalized spacial score (nSPS) is 17.5. The summed E-state index contributed by atoms with van der Waals surface area (Å²) in [6.07, 6.45) is 6.25. The zero-order valence-electron chi connectivity index (χ0n) is 16.0. The molecule has 0 spiro atoms. The molecule has 0 unspecified atom stereocenters. The fourth-order valence-electron chi connectivity index (χ4n) is 4.15. The number of nitrogens with one attached hydrogen (secondary N) is 2. The van der Waals surface area contributed by atoms with Crippen molar-refractivity contribution in [1.82, 2.24) is 9.88 Å². The van der Waals surface area contributed by atoms with Crippen LogP contribution in [0.3, 0.4) is 0 Å². The number of hydrogen-bond acceptors (Lipinski definition) is 4. The van der Waals surface area contributed by atoms with Crippen molar-refractivity contribution < 1.29 is 9.21 Å². The first kappa shape index (κ1) is 17.1. The summed E-state index contributed by atoms with van der Waals surface area (Å²) in [6, 6.07) is 13.3. The predicted molar refractivity (Wildman–Crippen MR) is 110 cm³/mol. The van der Waals surface area contributed by atoms with Crippen LogP contribution in [0.15, 0.2) is 40.8 Å². The molecule has 1 fully saturated rings. The Bertz CT molecular complexity index is 1040. The van der Waals surface area contributed by atoms with Gasteiger partial charge in [0.1, 0.15) is 5.52 Å². The topological polar surface area (TPSA) is 70.4 Å². The Labute approximate surface area is 163 Å². The van der Waals surface area contributed by atoms with Crippen molar-refractivity contribution in [3.63, 3.8) is 0 Å².